The van der Waals surface area contributed by atoms with Gasteiger partial charge in [0, 0.05) is 12.8 Å². The van der Waals surface area contributed by atoms with Crippen molar-refractivity contribution in [3.63, 3.8) is 0 Å². The van der Waals surface area contributed by atoms with Crippen molar-refractivity contribution in [2.45, 2.75) is 205 Å². The third-order valence-corrected chi connectivity index (χ3v) is 12.0. The topological polar surface area (TPSA) is 61.8 Å². The molecule has 0 saturated carbocycles. The first-order valence-corrected chi connectivity index (χ1v) is 25.6. The molecular weight excluding hydrogens is 777 g/mol. The fourth-order valence-electron chi connectivity index (χ4n) is 8.29. The summed E-state index contributed by atoms with van der Waals surface area (Å²) in [5.74, 6) is -0.536. The minimum absolute atomic E-state index is 0.0452. The van der Waals surface area contributed by atoms with Gasteiger partial charge in [-0.15, -0.1) is 0 Å². The lowest BCUT2D eigenvalue weighted by Crippen LogP contribution is -2.38. The van der Waals surface area contributed by atoms with E-state index < -0.39 is 11.7 Å². The summed E-state index contributed by atoms with van der Waals surface area (Å²) in [6, 6.07) is 30.5. The summed E-state index contributed by atoms with van der Waals surface area (Å²) >= 11 is 0. The van der Waals surface area contributed by atoms with Crippen LogP contribution >= 0.6 is 0 Å². The highest BCUT2D eigenvalue weighted by atomic mass is 16.6. The van der Waals surface area contributed by atoms with Crippen LogP contribution < -0.4 is 0 Å². The number of esters is 2. The second-order valence-electron chi connectivity index (χ2n) is 17.6. The molecule has 0 fully saturated rings. The van der Waals surface area contributed by atoms with E-state index >= 15 is 0 Å². The average Bonchev–Trinajstić information content (AvgIpc) is 3.31. The van der Waals surface area contributed by atoms with Gasteiger partial charge in [0.05, 0.1) is 6.61 Å². The van der Waals surface area contributed by atoms with E-state index in [1.54, 1.807) is 0 Å². The van der Waals surface area contributed by atoms with Crippen molar-refractivity contribution in [2.75, 3.05) is 13.2 Å². The minimum Gasteiger partial charge on any atom is -0.462 e. The van der Waals surface area contributed by atoms with E-state index in [1.165, 1.54) is 116 Å². The van der Waals surface area contributed by atoms with Gasteiger partial charge in [0.25, 0.3) is 0 Å². The zero-order valence-electron chi connectivity index (χ0n) is 39.8. The quantitative estimate of drug-likeness (QED) is 0.0247. The number of hydrogen-bond acceptors (Lipinski definition) is 5. The minimum atomic E-state index is -0.981. The standard InChI is InChI=1S/C58H86O5/c1-3-5-7-9-11-13-15-17-19-21-23-25-27-29-40-48-56(59)61-50-55(63-57(60)49-41-30-28-26-24-22-20-18-16-14-12-10-8-6-4-2)51-62-58(52-42-34-31-35-43-52,53-44-36-32-37-45-53)54-46-38-33-39-47-54/h17-20,31-39,42-47,55H,3-16,21-30,40-41,48-51H2,1-2H3/b19-17-,20-18-. The molecule has 3 rings (SSSR count). The van der Waals surface area contributed by atoms with Crippen LogP contribution in [0, 0.1) is 0 Å². The summed E-state index contributed by atoms with van der Waals surface area (Å²) in [6.07, 6.45) is 40.6. The van der Waals surface area contributed by atoms with Gasteiger partial charge in [0.15, 0.2) is 6.10 Å². The van der Waals surface area contributed by atoms with E-state index in [9.17, 15) is 9.59 Å². The van der Waals surface area contributed by atoms with Gasteiger partial charge in [0.2, 0.25) is 0 Å². The zero-order chi connectivity index (χ0) is 44.7. The van der Waals surface area contributed by atoms with Gasteiger partial charge >= 0.3 is 11.9 Å². The fourth-order valence-corrected chi connectivity index (χ4v) is 8.29. The zero-order valence-corrected chi connectivity index (χ0v) is 39.8. The molecule has 0 aliphatic carbocycles. The van der Waals surface area contributed by atoms with Crippen LogP contribution in [0.25, 0.3) is 0 Å². The molecule has 0 heterocycles. The van der Waals surface area contributed by atoms with Gasteiger partial charge < -0.3 is 14.2 Å². The summed E-state index contributed by atoms with van der Waals surface area (Å²) in [5, 5.41) is 0. The summed E-state index contributed by atoms with van der Waals surface area (Å²) in [7, 11) is 0. The highest BCUT2D eigenvalue weighted by Gasteiger charge is 2.38. The van der Waals surface area contributed by atoms with Crippen molar-refractivity contribution in [1.82, 2.24) is 0 Å². The second kappa shape index (κ2) is 36.4. The van der Waals surface area contributed by atoms with E-state index in [0.717, 1.165) is 68.1 Å². The van der Waals surface area contributed by atoms with Gasteiger partial charge in [-0.3, -0.25) is 9.59 Å². The molecule has 0 spiro atoms. The Morgan fingerprint density at radius 2 is 0.762 bits per heavy atom. The number of unbranched alkanes of at least 4 members (excludes halogenated alkanes) is 22. The molecule has 1 unspecified atom stereocenters. The van der Waals surface area contributed by atoms with Crippen molar-refractivity contribution >= 4 is 11.9 Å². The van der Waals surface area contributed by atoms with Gasteiger partial charge in [-0.2, -0.15) is 0 Å². The van der Waals surface area contributed by atoms with Gasteiger partial charge in [-0.05, 0) is 80.9 Å². The molecule has 1 atom stereocenters. The van der Waals surface area contributed by atoms with Gasteiger partial charge in [-0.25, -0.2) is 0 Å². The third kappa shape index (κ3) is 24.1. The number of hydrogen-bond donors (Lipinski definition) is 0. The summed E-state index contributed by atoms with van der Waals surface area (Å²) in [6.45, 7) is 4.54. The largest absolute Gasteiger partial charge is 0.462 e. The molecule has 5 nitrogen and oxygen atoms in total. The Balaban J connectivity index is 1.50. The SMILES string of the molecule is CCCCCCCC/C=C\CCCCCCCC(=O)OCC(COC(c1ccccc1)(c1ccccc1)c1ccccc1)OC(=O)CCCCCCC/C=C\CCCCCCCC. The third-order valence-electron chi connectivity index (χ3n) is 12.0. The van der Waals surface area contributed by atoms with Crippen LogP contribution in [0.4, 0.5) is 0 Å². The predicted octanol–water partition coefficient (Wildman–Crippen LogP) is 16.5. The van der Waals surface area contributed by atoms with E-state index in [2.05, 4.69) is 74.5 Å². The predicted molar refractivity (Wildman–Crippen MR) is 265 cm³/mol. The molecule has 0 bridgehead atoms. The van der Waals surface area contributed by atoms with E-state index in [0.29, 0.717) is 12.8 Å². The highest BCUT2D eigenvalue weighted by Crippen LogP contribution is 2.40. The molecule has 3 aromatic rings. The highest BCUT2D eigenvalue weighted by molar-refractivity contribution is 5.70. The molecule has 348 valence electrons. The Labute approximate surface area is 384 Å². The molecule has 0 N–H and O–H groups in total. The van der Waals surface area contributed by atoms with Crippen LogP contribution in [0.3, 0.4) is 0 Å². The number of ether oxygens (including phenoxy) is 3. The van der Waals surface area contributed by atoms with Crippen LogP contribution in [0.2, 0.25) is 0 Å². The average molecular weight is 863 g/mol. The first-order valence-electron chi connectivity index (χ1n) is 25.6. The summed E-state index contributed by atoms with van der Waals surface area (Å²) in [5.41, 5.74) is 1.90. The lowest BCUT2D eigenvalue weighted by Gasteiger charge is -2.37. The number of allylic oxidation sites excluding steroid dienone is 4. The lowest BCUT2D eigenvalue weighted by molar-refractivity contribution is -0.165. The maximum atomic E-state index is 13.4. The molecule has 0 amide bonds. The Hall–Kier alpha value is -3.96. The van der Waals surface area contributed by atoms with Crippen molar-refractivity contribution in [1.29, 1.82) is 0 Å². The lowest BCUT2D eigenvalue weighted by atomic mass is 9.80. The first-order chi connectivity index (χ1) is 31.1. The van der Waals surface area contributed by atoms with E-state index in [-0.39, 0.29) is 25.2 Å². The summed E-state index contributed by atoms with van der Waals surface area (Å²) < 4.78 is 19.0. The fraction of sp³-hybridized carbons (Fsp3) is 0.586. The Morgan fingerprint density at radius 3 is 1.14 bits per heavy atom. The van der Waals surface area contributed by atoms with E-state index in [1.807, 2.05) is 54.6 Å². The Morgan fingerprint density at radius 1 is 0.429 bits per heavy atom. The normalized spacial score (nSPS) is 12.3. The number of rotatable bonds is 39. The number of carbonyl (C=O) groups is 2. The van der Waals surface area contributed by atoms with Crippen molar-refractivity contribution in [3.8, 4) is 0 Å². The number of benzene rings is 3. The summed E-state index contributed by atoms with van der Waals surface area (Å²) in [4.78, 5) is 26.4. The maximum absolute atomic E-state index is 13.4. The Bertz CT molecular complexity index is 1490. The monoisotopic (exact) mass is 863 g/mol. The van der Waals surface area contributed by atoms with Crippen LogP contribution in [0.1, 0.15) is 210 Å². The van der Waals surface area contributed by atoms with Crippen molar-refractivity contribution in [3.05, 3.63) is 132 Å². The Kier molecular flexibility index (Phi) is 30.8. The molecular formula is C58H86O5. The van der Waals surface area contributed by atoms with Crippen LogP contribution in [-0.4, -0.2) is 31.3 Å². The second-order valence-corrected chi connectivity index (χ2v) is 17.6. The molecule has 5 heteroatoms. The molecule has 0 aliphatic rings. The molecule has 63 heavy (non-hydrogen) atoms. The molecule has 0 aromatic heterocycles. The molecule has 3 aromatic carbocycles. The van der Waals surface area contributed by atoms with Crippen molar-refractivity contribution in [2.24, 2.45) is 0 Å². The molecule has 0 saturated heterocycles. The van der Waals surface area contributed by atoms with Gasteiger partial charge in [0.1, 0.15) is 12.2 Å². The van der Waals surface area contributed by atoms with Crippen LogP contribution in [0.15, 0.2) is 115 Å². The maximum Gasteiger partial charge on any atom is 0.306 e. The smallest absolute Gasteiger partial charge is 0.306 e. The van der Waals surface area contributed by atoms with Crippen molar-refractivity contribution < 1.29 is 23.8 Å². The van der Waals surface area contributed by atoms with Crippen LogP contribution in [-0.2, 0) is 29.4 Å². The van der Waals surface area contributed by atoms with E-state index in [4.69, 9.17) is 14.2 Å². The van der Waals surface area contributed by atoms with Gasteiger partial charge in [-0.1, -0.05) is 232 Å². The molecule has 0 radical (unpaired) electrons. The molecule has 0 aliphatic heterocycles. The number of carbonyl (C=O) groups excluding carboxylic acids is 2. The first kappa shape index (κ1) is 53.4. The van der Waals surface area contributed by atoms with Crippen LogP contribution in [0.5, 0.6) is 0 Å².